The third kappa shape index (κ3) is 4.32. The predicted molar refractivity (Wildman–Crippen MR) is 133 cm³/mol. The van der Waals surface area contributed by atoms with Crippen molar-refractivity contribution in [3.8, 4) is 17.0 Å². The van der Waals surface area contributed by atoms with Crippen LogP contribution in [-0.2, 0) is 14.9 Å². The van der Waals surface area contributed by atoms with E-state index >= 15 is 0 Å². The lowest BCUT2D eigenvalue weighted by Gasteiger charge is -2.42. The molecule has 0 radical (unpaired) electrons. The molecular weight excluding hydrogens is 424 g/mol. The molecule has 3 heterocycles. The van der Waals surface area contributed by atoms with Crippen molar-refractivity contribution in [2.45, 2.75) is 37.0 Å². The molecule has 0 bridgehead atoms. The maximum atomic E-state index is 14.1. The van der Waals surface area contributed by atoms with Crippen LogP contribution in [0.4, 0.5) is 0 Å². The van der Waals surface area contributed by atoms with Crippen LogP contribution in [0.2, 0.25) is 0 Å². The van der Waals surface area contributed by atoms with E-state index in [0.29, 0.717) is 19.8 Å². The van der Waals surface area contributed by atoms with Crippen LogP contribution in [0, 0.1) is 0 Å². The molecule has 1 atom stereocenters. The average Bonchev–Trinajstić information content (AvgIpc) is 2.93. The molecule has 2 fully saturated rings. The molecule has 2 aliphatic heterocycles. The van der Waals surface area contributed by atoms with Crippen molar-refractivity contribution >= 4 is 5.91 Å². The number of rotatable bonds is 5. The second kappa shape index (κ2) is 9.98. The number of para-hydroxylation sites is 1. The molecule has 1 aromatic heterocycles. The molecule has 0 saturated carbocycles. The number of piperidine rings is 1. The van der Waals surface area contributed by atoms with E-state index in [-0.39, 0.29) is 11.8 Å². The molecule has 0 spiro atoms. The number of nitrogens with zero attached hydrogens (tertiary/aromatic N) is 2. The van der Waals surface area contributed by atoms with E-state index in [9.17, 15) is 4.79 Å². The van der Waals surface area contributed by atoms with Gasteiger partial charge in [-0.05, 0) is 55.5 Å². The second-order valence-electron chi connectivity index (χ2n) is 9.30. The number of pyridine rings is 1. The van der Waals surface area contributed by atoms with Crippen molar-refractivity contribution in [3.05, 3.63) is 84.1 Å². The van der Waals surface area contributed by atoms with Gasteiger partial charge in [0.25, 0.3) is 0 Å². The van der Waals surface area contributed by atoms with Gasteiger partial charge >= 0.3 is 0 Å². The second-order valence-corrected chi connectivity index (χ2v) is 9.30. The van der Waals surface area contributed by atoms with Crippen molar-refractivity contribution in [1.29, 1.82) is 0 Å². The summed E-state index contributed by atoms with van der Waals surface area (Å²) in [5.41, 5.74) is 3.56. The number of carbonyl (C=O) groups excluding carboxylic acids is 1. The summed E-state index contributed by atoms with van der Waals surface area (Å²) in [6.07, 6.45) is 3.49. The van der Waals surface area contributed by atoms with E-state index in [1.165, 1.54) is 0 Å². The Bertz CT molecular complexity index is 1120. The minimum Gasteiger partial charge on any atom is -0.496 e. The highest BCUT2D eigenvalue weighted by Crippen LogP contribution is 2.39. The third-order valence-corrected chi connectivity index (χ3v) is 7.36. The Morgan fingerprint density at radius 2 is 1.76 bits per heavy atom. The van der Waals surface area contributed by atoms with Gasteiger partial charge in [0.15, 0.2) is 0 Å². The molecule has 0 N–H and O–H groups in total. The summed E-state index contributed by atoms with van der Waals surface area (Å²) < 4.78 is 11.2. The van der Waals surface area contributed by atoms with Gasteiger partial charge in [-0.3, -0.25) is 9.78 Å². The summed E-state index contributed by atoms with van der Waals surface area (Å²) in [5.74, 6) is 1.28. The van der Waals surface area contributed by atoms with Crippen LogP contribution in [0.25, 0.3) is 11.3 Å². The first-order chi connectivity index (χ1) is 16.7. The smallest absolute Gasteiger partial charge is 0.233 e. The number of carbonyl (C=O) groups is 1. The number of hydrogen-bond acceptors (Lipinski definition) is 4. The molecule has 0 aliphatic carbocycles. The van der Waals surface area contributed by atoms with E-state index in [1.807, 2.05) is 48.5 Å². The molecule has 5 rings (SSSR count). The molecule has 5 heteroatoms. The summed E-state index contributed by atoms with van der Waals surface area (Å²) >= 11 is 0. The van der Waals surface area contributed by atoms with Crippen LogP contribution in [0.1, 0.15) is 42.9 Å². The molecule has 2 saturated heterocycles. The Hall–Kier alpha value is -3.18. The zero-order valence-corrected chi connectivity index (χ0v) is 19.8. The highest BCUT2D eigenvalue weighted by atomic mass is 16.5. The fraction of sp³-hybridized carbons (Fsp3) is 0.379. The Morgan fingerprint density at radius 1 is 1.00 bits per heavy atom. The van der Waals surface area contributed by atoms with Gasteiger partial charge in [0.05, 0.1) is 18.2 Å². The van der Waals surface area contributed by atoms with E-state index in [2.05, 4.69) is 29.2 Å². The summed E-state index contributed by atoms with van der Waals surface area (Å²) in [6, 6.07) is 24.4. The standard InChI is InChI=1S/C29H32N2O3/c1-33-27-15-6-5-12-24(27)26-14-7-13-25(30-26)22-9-8-18-31(21-22)28(32)29(16-19-34-20-17-29)23-10-3-2-4-11-23/h2-7,10-15,22H,8-9,16-21H2,1H3/t22-/m0/s1. The Morgan fingerprint density at radius 3 is 2.56 bits per heavy atom. The van der Waals surface area contributed by atoms with Crippen molar-refractivity contribution in [3.63, 3.8) is 0 Å². The molecule has 0 unspecified atom stereocenters. The molecule has 34 heavy (non-hydrogen) atoms. The van der Waals surface area contributed by atoms with Crippen LogP contribution in [0.3, 0.4) is 0 Å². The maximum Gasteiger partial charge on any atom is 0.233 e. The number of aromatic nitrogens is 1. The maximum absolute atomic E-state index is 14.1. The monoisotopic (exact) mass is 456 g/mol. The summed E-state index contributed by atoms with van der Waals surface area (Å²) in [6.45, 7) is 2.76. The summed E-state index contributed by atoms with van der Waals surface area (Å²) in [4.78, 5) is 21.2. The van der Waals surface area contributed by atoms with Crippen LogP contribution in [0.15, 0.2) is 72.8 Å². The molecule has 2 aliphatic rings. The first-order valence-corrected chi connectivity index (χ1v) is 12.2. The van der Waals surface area contributed by atoms with Gasteiger partial charge in [-0.1, -0.05) is 48.5 Å². The summed E-state index contributed by atoms with van der Waals surface area (Å²) in [5, 5.41) is 0. The lowest BCUT2D eigenvalue weighted by atomic mass is 9.72. The minimum atomic E-state index is -0.492. The lowest BCUT2D eigenvalue weighted by molar-refractivity contribution is -0.142. The quantitative estimate of drug-likeness (QED) is 0.529. The van der Waals surface area contributed by atoms with Crippen LogP contribution < -0.4 is 4.74 Å². The van der Waals surface area contributed by atoms with E-state index in [1.54, 1.807) is 7.11 Å². The molecule has 3 aromatic rings. The molecular formula is C29H32N2O3. The zero-order valence-electron chi connectivity index (χ0n) is 19.8. The Balaban J connectivity index is 1.40. The van der Waals surface area contributed by atoms with Crippen molar-refractivity contribution in [2.24, 2.45) is 0 Å². The molecule has 176 valence electrons. The van der Waals surface area contributed by atoms with Gasteiger partial charge in [-0.15, -0.1) is 0 Å². The first kappa shape index (κ1) is 22.6. The fourth-order valence-electron chi connectivity index (χ4n) is 5.49. The van der Waals surface area contributed by atoms with Crippen LogP contribution in [0.5, 0.6) is 5.75 Å². The van der Waals surface area contributed by atoms with Gasteiger partial charge in [0.1, 0.15) is 5.75 Å². The zero-order chi connectivity index (χ0) is 23.4. The molecule has 5 nitrogen and oxygen atoms in total. The minimum absolute atomic E-state index is 0.222. The number of methoxy groups -OCH3 is 1. The topological polar surface area (TPSA) is 51.7 Å². The third-order valence-electron chi connectivity index (χ3n) is 7.36. The highest BCUT2D eigenvalue weighted by molar-refractivity contribution is 5.88. The SMILES string of the molecule is COc1ccccc1-c1cccc([C@H]2CCCN(C(=O)C3(c4ccccc4)CCOCC3)C2)n1. The van der Waals surface area contributed by atoms with Gasteiger partial charge in [-0.2, -0.15) is 0 Å². The average molecular weight is 457 g/mol. The Labute approximate surface area is 201 Å². The van der Waals surface area contributed by atoms with E-state index in [0.717, 1.165) is 60.5 Å². The molecule has 1 amide bonds. The normalized spacial score (nSPS) is 20.0. The Kier molecular flexibility index (Phi) is 6.63. The number of ether oxygens (including phenoxy) is 2. The van der Waals surface area contributed by atoms with E-state index < -0.39 is 5.41 Å². The van der Waals surface area contributed by atoms with Crippen LogP contribution in [-0.4, -0.2) is 49.2 Å². The number of hydrogen-bond donors (Lipinski definition) is 0. The predicted octanol–water partition coefficient (Wildman–Crippen LogP) is 5.21. The van der Waals surface area contributed by atoms with Gasteiger partial charge in [0, 0.05) is 43.5 Å². The van der Waals surface area contributed by atoms with Crippen LogP contribution >= 0.6 is 0 Å². The lowest BCUT2D eigenvalue weighted by Crippen LogP contribution is -2.52. The molecule has 2 aromatic carbocycles. The largest absolute Gasteiger partial charge is 0.496 e. The van der Waals surface area contributed by atoms with Crippen molar-refractivity contribution in [1.82, 2.24) is 9.88 Å². The highest BCUT2D eigenvalue weighted by Gasteiger charge is 2.45. The number of amides is 1. The number of likely N-dealkylation sites (tertiary alicyclic amines) is 1. The number of benzene rings is 2. The van der Waals surface area contributed by atoms with Gasteiger partial charge < -0.3 is 14.4 Å². The summed E-state index contributed by atoms with van der Waals surface area (Å²) in [7, 11) is 1.69. The van der Waals surface area contributed by atoms with Gasteiger partial charge in [-0.25, -0.2) is 0 Å². The van der Waals surface area contributed by atoms with Crippen molar-refractivity contribution < 1.29 is 14.3 Å². The van der Waals surface area contributed by atoms with Gasteiger partial charge in [0.2, 0.25) is 5.91 Å². The fourth-order valence-corrected chi connectivity index (χ4v) is 5.49. The van der Waals surface area contributed by atoms with Crippen molar-refractivity contribution in [2.75, 3.05) is 33.4 Å². The van der Waals surface area contributed by atoms with E-state index in [4.69, 9.17) is 14.5 Å². The first-order valence-electron chi connectivity index (χ1n) is 12.2.